The van der Waals surface area contributed by atoms with Crippen LogP contribution in [0.2, 0.25) is 10.0 Å². The zero-order chi connectivity index (χ0) is 16.8. The third-order valence-corrected chi connectivity index (χ3v) is 3.72. The molecule has 1 N–H and O–H groups in total. The van der Waals surface area contributed by atoms with Gasteiger partial charge in [0.1, 0.15) is 6.54 Å². The lowest BCUT2D eigenvalue weighted by atomic mass is 10.3. The summed E-state index contributed by atoms with van der Waals surface area (Å²) < 4.78 is 0. The molecule has 5 nitrogen and oxygen atoms in total. The summed E-state index contributed by atoms with van der Waals surface area (Å²) in [6.45, 7) is 1.53. The summed E-state index contributed by atoms with van der Waals surface area (Å²) in [6.07, 6.45) is 1.64. The molecule has 120 valence electrons. The van der Waals surface area contributed by atoms with Gasteiger partial charge in [-0.2, -0.15) is 0 Å². The average Bonchev–Trinajstić information content (AvgIpc) is 2.51. The molecule has 0 aliphatic heterocycles. The maximum atomic E-state index is 12.2. The third-order valence-electron chi connectivity index (χ3n) is 3.09. The summed E-state index contributed by atoms with van der Waals surface area (Å²) in [7, 11) is 0. The van der Waals surface area contributed by atoms with E-state index in [1.54, 1.807) is 36.5 Å². The summed E-state index contributed by atoms with van der Waals surface area (Å²) in [4.78, 5) is 29.5. The van der Waals surface area contributed by atoms with Crippen LogP contribution in [0.1, 0.15) is 12.6 Å². The number of amides is 2. The molecular weight excluding hydrogens is 337 g/mol. The number of aromatic nitrogens is 1. The maximum Gasteiger partial charge on any atom is 0.244 e. The molecule has 0 radical (unpaired) electrons. The molecule has 0 aliphatic rings. The van der Waals surface area contributed by atoms with E-state index in [0.717, 1.165) is 0 Å². The van der Waals surface area contributed by atoms with E-state index >= 15 is 0 Å². The molecule has 2 rings (SSSR count). The SMILES string of the molecule is CC(=O)N(CC(=O)Nc1c(Cl)cccc1Cl)Cc1ccccn1. The predicted octanol–water partition coefficient (Wildman–Crippen LogP) is 3.38. The highest BCUT2D eigenvalue weighted by molar-refractivity contribution is 6.39. The number of hydrogen-bond donors (Lipinski definition) is 1. The van der Waals surface area contributed by atoms with Crippen LogP contribution in [0.3, 0.4) is 0 Å². The van der Waals surface area contributed by atoms with Gasteiger partial charge in [0.15, 0.2) is 0 Å². The molecule has 1 heterocycles. The number of nitrogens with zero attached hydrogens (tertiary/aromatic N) is 2. The first-order valence-corrected chi connectivity index (χ1v) is 7.62. The zero-order valence-corrected chi connectivity index (χ0v) is 13.9. The van der Waals surface area contributed by atoms with Crippen molar-refractivity contribution in [2.45, 2.75) is 13.5 Å². The molecule has 0 bridgehead atoms. The average molecular weight is 352 g/mol. The van der Waals surface area contributed by atoms with E-state index in [2.05, 4.69) is 10.3 Å². The number of carbonyl (C=O) groups excluding carboxylic acids is 2. The van der Waals surface area contributed by atoms with Crippen molar-refractivity contribution in [3.63, 3.8) is 0 Å². The minimum Gasteiger partial charge on any atom is -0.328 e. The monoisotopic (exact) mass is 351 g/mol. The van der Waals surface area contributed by atoms with Crippen LogP contribution in [0.25, 0.3) is 0 Å². The zero-order valence-electron chi connectivity index (χ0n) is 12.4. The molecule has 0 aliphatic carbocycles. The summed E-state index contributed by atoms with van der Waals surface area (Å²) in [5, 5.41) is 3.31. The van der Waals surface area contributed by atoms with Gasteiger partial charge in [0.05, 0.1) is 28.0 Å². The molecule has 2 amide bonds. The standard InChI is InChI=1S/C16H15Cl2N3O2/c1-11(22)21(9-12-5-2-3-8-19-12)10-15(23)20-16-13(17)6-4-7-14(16)18/h2-8H,9-10H2,1H3,(H,20,23). The Hall–Kier alpha value is -2.11. The molecule has 0 spiro atoms. The second-order valence-electron chi connectivity index (χ2n) is 4.84. The molecule has 0 saturated heterocycles. The van der Waals surface area contributed by atoms with Gasteiger partial charge in [0.2, 0.25) is 11.8 Å². The lowest BCUT2D eigenvalue weighted by molar-refractivity contribution is -0.133. The van der Waals surface area contributed by atoms with Crippen LogP contribution in [-0.4, -0.2) is 28.2 Å². The van der Waals surface area contributed by atoms with Crippen molar-refractivity contribution in [2.24, 2.45) is 0 Å². The van der Waals surface area contributed by atoms with Crippen molar-refractivity contribution in [3.8, 4) is 0 Å². The Morgan fingerprint density at radius 3 is 2.39 bits per heavy atom. The number of halogens is 2. The van der Waals surface area contributed by atoms with E-state index in [4.69, 9.17) is 23.2 Å². The van der Waals surface area contributed by atoms with E-state index < -0.39 is 0 Å². The molecule has 0 unspecified atom stereocenters. The summed E-state index contributed by atoms with van der Waals surface area (Å²) in [5.74, 6) is -0.609. The van der Waals surface area contributed by atoms with Gasteiger partial charge in [-0.15, -0.1) is 0 Å². The van der Waals surface area contributed by atoms with Crippen LogP contribution >= 0.6 is 23.2 Å². The molecule has 0 saturated carbocycles. The highest BCUT2D eigenvalue weighted by atomic mass is 35.5. The fourth-order valence-corrected chi connectivity index (χ4v) is 2.43. The van der Waals surface area contributed by atoms with Crippen molar-refractivity contribution in [1.82, 2.24) is 9.88 Å². The normalized spacial score (nSPS) is 10.2. The topological polar surface area (TPSA) is 62.3 Å². The first kappa shape index (κ1) is 17.2. The van der Waals surface area contributed by atoms with Crippen LogP contribution in [0.5, 0.6) is 0 Å². The third kappa shape index (κ3) is 4.94. The minimum atomic E-state index is -0.383. The molecule has 1 aromatic heterocycles. The number of hydrogen-bond acceptors (Lipinski definition) is 3. The summed E-state index contributed by atoms with van der Waals surface area (Å²) >= 11 is 12.0. The lowest BCUT2D eigenvalue weighted by Crippen LogP contribution is -2.36. The second-order valence-corrected chi connectivity index (χ2v) is 5.66. The number of rotatable bonds is 5. The van der Waals surface area contributed by atoms with Crippen LogP contribution in [-0.2, 0) is 16.1 Å². The van der Waals surface area contributed by atoms with E-state index in [1.807, 2.05) is 6.07 Å². The Balaban J connectivity index is 2.05. The first-order chi connectivity index (χ1) is 11.0. The minimum absolute atomic E-state index is 0.118. The maximum absolute atomic E-state index is 12.2. The van der Waals surface area contributed by atoms with Crippen LogP contribution in [0, 0.1) is 0 Å². The van der Waals surface area contributed by atoms with Gasteiger partial charge < -0.3 is 10.2 Å². The van der Waals surface area contributed by atoms with Crippen LogP contribution in [0.15, 0.2) is 42.6 Å². The number of benzene rings is 1. The van der Waals surface area contributed by atoms with Crippen molar-refractivity contribution in [3.05, 3.63) is 58.3 Å². The van der Waals surface area contributed by atoms with E-state index in [1.165, 1.54) is 11.8 Å². The molecule has 23 heavy (non-hydrogen) atoms. The highest BCUT2D eigenvalue weighted by Crippen LogP contribution is 2.29. The van der Waals surface area contributed by atoms with Gasteiger partial charge in [-0.3, -0.25) is 14.6 Å². The Labute approximate surface area is 144 Å². The Morgan fingerprint density at radius 1 is 1.13 bits per heavy atom. The van der Waals surface area contributed by atoms with E-state index in [9.17, 15) is 9.59 Å². The molecule has 0 fully saturated rings. The largest absolute Gasteiger partial charge is 0.328 e. The van der Waals surface area contributed by atoms with E-state index in [-0.39, 0.29) is 24.9 Å². The van der Waals surface area contributed by atoms with Crippen molar-refractivity contribution in [1.29, 1.82) is 0 Å². The second kappa shape index (κ2) is 7.94. The first-order valence-electron chi connectivity index (χ1n) is 6.86. The van der Waals surface area contributed by atoms with Crippen molar-refractivity contribution < 1.29 is 9.59 Å². The van der Waals surface area contributed by atoms with Crippen molar-refractivity contribution in [2.75, 3.05) is 11.9 Å². The Bertz CT molecular complexity index is 687. The highest BCUT2D eigenvalue weighted by Gasteiger charge is 2.16. The smallest absolute Gasteiger partial charge is 0.244 e. The van der Waals surface area contributed by atoms with Crippen LogP contribution < -0.4 is 5.32 Å². The molecule has 0 atom stereocenters. The molecule has 1 aromatic carbocycles. The van der Waals surface area contributed by atoms with Gasteiger partial charge in [-0.25, -0.2) is 0 Å². The number of anilines is 1. The fraction of sp³-hybridized carbons (Fsp3) is 0.188. The number of nitrogens with one attached hydrogen (secondary N) is 1. The lowest BCUT2D eigenvalue weighted by Gasteiger charge is -2.20. The van der Waals surface area contributed by atoms with Gasteiger partial charge in [-0.1, -0.05) is 35.3 Å². The fourth-order valence-electron chi connectivity index (χ4n) is 1.94. The summed E-state index contributed by atoms with van der Waals surface area (Å²) in [6, 6.07) is 10.3. The van der Waals surface area contributed by atoms with Gasteiger partial charge in [-0.05, 0) is 24.3 Å². The van der Waals surface area contributed by atoms with E-state index in [0.29, 0.717) is 21.4 Å². The predicted molar refractivity (Wildman–Crippen MR) is 90.4 cm³/mol. The Morgan fingerprint density at radius 2 is 1.83 bits per heavy atom. The summed E-state index contributed by atoms with van der Waals surface area (Å²) in [5.41, 5.74) is 1.04. The molecule has 7 heteroatoms. The van der Waals surface area contributed by atoms with Gasteiger partial charge in [0, 0.05) is 13.1 Å². The quantitative estimate of drug-likeness (QED) is 0.897. The Kier molecular flexibility index (Phi) is 5.96. The van der Waals surface area contributed by atoms with Gasteiger partial charge in [0.25, 0.3) is 0 Å². The number of carbonyl (C=O) groups is 2. The molecular formula is C16H15Cl2N3O2. The number of para-hydroxylation sites is 1. The number of pyridine rings is 1. The van der Waals surface area contributed by atoms with Gasteiger partial charge >= 0.3 is 0 Å². The molecule has 2 aromatic rings. The van der Waals surface area contributed by atoms with Crippen molar-refractivity contribution >= 4 is 40.7 Å². The van der Waals surface area contributed by atoms with Crippen LogP contribution in [0.4, 0.5) is 5.69 Å².